The van der Waals surface area contributed by atoms with Gasteiger partial charge in [-0.25, -0.2) is 0 Å². The van der Waals surface area contributed by atoms with Gasteiger partial charge in [0.15, 0.2) is 0 Å². The molecule has 3 N–H and O–H groups in total. The van der Waals surface area contributed by atoms with Crippen molar-refractivity contribution in [2.24, 2.45) is 0 Å². The van der Waals surface area contributed by atoms with Gasteiger partial charge in [-0.3, -0.25) is 14.6 Å². The van der Waals surface area contributed by atoms with Crippen LogP contribution in [0.2, 0.25) is 0 Å². The van der Waals surface area contributed by atoms with E-state index < -0.39 is 6.04 Å². The molecule has 0 unspecified atom stereocenters. The minimum absolute atomic E-state index is 0.237. The van der Waals surface area contributed by atoms with Crippen molar-refractivity contribution in [1.82, 2.24) is 15.6 Å². The van der Waals surface area contributed by atoms with Crippen molar-refractivity contribution < 1.29 is 14.3 Å². The molecule has 1 atom stereocenters. The molecule has 0 saturated carbocycles. The zero-order valence-electron chi connectivity index (χ0n) is 21.6. The van der Waals surface area contributed by atoms with Crippen molar-refractivity contribution in [3.8, 4) is 16.9 Å². The molecule has 7 nitrogen and oxygen atoms in total. The van der Waals surface area contributed by atoms with Gasteiger partial charge in [0.1, 0.15) is 11.8 Å². The van der Waals surface area contributed by atoms with Gasteiger partial charge in [0.2, 0.25) is 5.91 Å². The van der Waals surface area contributed by atoms with E-state index in [9.17, 15) is 9.59 Å². The van der Waals surface area contributed by atoms with Gasteiger partial charge >= 0.3 is 0 Å². The van der Waals surface area contributed by atoms with Gasteiger partial charge in [0, 0.05) is 43.2 Å². The Kier molecular flexibility index (Phi) is 9.07. The van der Waals surface area contributed by atoms with Crippen molar-refractivity contribution >= 4 is 17.5 Å². The zero-order valence-corrected chi connectivity index (χ0v) is 21.6. The van der Waals surface area contributed by atoms with Crippen molar-refractivity contribution in [3.63, 3.8) is 0 Å². The van der Waals surface area contributed by atoms with E-state index in [2.05, 4.69) is 20.9 Å². The summed E-state index contributed by atoms with van der Waals surface area (Å²) in [6.07, 6.45) is 3.92. The summed E-state index contributed by atoms with van der Waals surface area (Å²) < 4.78 is 5.18. The molecule has 7 heteroatoms. The molecule has 1 aromatic heterocycles. The largest absolute Gasteiger partial charge is 0.497 e. The maximum atomic E-state index is 13.2. The summed E-state index contributed by atoms with van der Waals surface area (Å²) in [6, 6.07) is 26.0. The van der Waals surface area contributed by atoms with E-state index in [1.165, 1.54) is 0 Å². The Labute approximate surface area is 223 Å². The molecule has 38 heavy (non-hydrogen) atoms. The average molecular weight is 509 g/mol. The summed E-state index contributed by atoms with van der Waals surface area (Å²) in [5.41, 5.74) is 5.43. The number of rotatable bonds is 11. The van der Waals surface area contributed by atoms with Gasteiger partial charge in [0.05, 0.1) is 7.11 Å². The van der Waals surface area contributed by atoms with Crippen molar-refractivity contribution in [3.05, 3.63) is 114 Å². The van der Waals surface area contributed by atoms with E-state index in [1.807, 2.05) is 92.0 Å². The standard InChI is InChI=1S/C31H32N4O3/c1-22-5-3-6-25(19-22)30(36)35-29(20-23-8-10-24(11-9-23)26-7-4-16-32-21-26)31(37)34-18-17-33-27-12-14-28(38-2)15-13-27/h3-16,19,21,29,33H,17-18,20H2,1-2H3,(H,34,37)(H,35,36)/t29-/m0/s1. The number of carbonyl (C=O) groups excluding carboxylic acids is 2. The van der Waals surface area contributed by atoms with E-state index in [-0.39, 0.29) is 11.8 Å². The highest BCUT2D eigenvalue weighted by molar-refractivity contribution is 5.97. The number of amides is 2. The first-order valence-electron chi connectivity index (χ1n) is 12.5. The predicted molar refractivity (Wildman–Crippen MR) is 150 cm³/mol. The summed E-state index contributed by atoms with van der Waals surface area (Å²) in [6.45, 7) is 2.87. The molecule has 0 radical (unpaired) electrons. The van der Waals surface area contributed by atoms with Gasteiger partial charge in [-0.15, -0.1) is 0 Å². The lowest BCUT2D eigenvalue weighted by Gasteiger charge is -2.19. The molecular weight excluding hydrogens is 476 g/mol. The average Bonchev–Trinajstić information content (AvgIpc) is 2.96. The molecule has 0 aliphatic heterocycles. The third-order valence-corrected chi connectivity index (χ3v) is 6.13. The number of aromatic nitrogens is 1. The van der Waals surface area contributed by atoms with E-state index in [4.69, 9.17) is 4.74 Å². The summed E-state index contributed by atoms with van der Waals surface area (Å²) >= 11 is 0. The minimum atomic E-state index is -0.728. The second-order valence-electron chi connectivity index (χ2n) is 8.98. The summed E-state index contributed by atoms with van der Waals surface area (Å²) in [5.74, 6) is 0.264. The number of ether oxygens (including phenoxy) is 1. The Morgan fingerprint density at radius 3 is 2.37 bits per heavy atom. The molecule has 0 aliphatic carbocycles. The maximum Gasteiger partial charge on any atom is 0.251 e. The summed E-state index contributed by atoms with van der Waals surface area (Å²) in [4.78, 5) is 30.3. The van der Waals surface area contributed by atoms with Crippen LogP contribution in [0.4, 0.5) is 5.69 Å². The van der Waals surface area contributed by atoms with Gasteiger partial charge in [-0.1, -0.05) is 48.0 Å². The van der Waals surface area contributed by atoms with Crippen LogP contribution in [0.1, 0.15) is 21.5 Å². The number of nitrogens with zero attached hydrogens (tertiary/aromatic N) is 1. The number of hydrogen-bond donors (Lipinski definition) is 3. The highest BCUT2D eigenvalue weighted by Crippen LogP contribution is 2.19. The van der Waals surface area contributed by atoms with Crippen LogP contribution < -0.4 is 20.7 Å². The van der Waals surface area contributed by atoms with Crippen LogP contribution in [0.5, 0.6) is 5.75 Å². The Bertz CT molecular complexity index is 1340. The molecule has 0 bridgehead atoms. The molecule has 4 aromatic rings. The topological polar surface area (TPSA) is 92.3 Å². The number of aryl methyl sites for hydroxylation is 1. The monoisotopic (exact) mass is 508 g/mol. The minimum Gasteiger partial charge on any atom is -0.497 e. The first kappa shape index (κ1) is 26.4. The van der Waals surface area contributed by atoms with Crippen molar-refractivity contribution in [2.45, 2.75) is 19.4 Å². The van der Waals surface area contributed by atoms with Gasteiger partial charge in [-0.05, 0) is 66.1 Å². The van der Waals surface area contributed by atoms with Crippen molar-refractivity contribution in [2.75, 3.05) is 25.5 Å². The fourth-order valence-corrected chi connectivity index (χ4v) is 4.06. The zero-order chi connectivity index (χ0) is 26.7. The fourth-order valence-electron chi connectivity index (χ4n) is 4.06. The molecular formula is C31H32N4O3. The van der Waals surface area contributed by atoms with Crippen LogP contribution in [-0.2, 0) is 11.2 Å². The quantitative estimate of drug-likeness (QED) is 0.257. The smallest absolute Gasteiger partial charge is 0.251 e. The summed E-state index contributed by atoms with van der Waals surface area (Å²) in [5, 5.41) is 9.16. The van der Waals surface area contributed by atoms with Crippen LogP contribution in [0.3, 0.4) is 0 Å². The predicted octanol–water partition coefficient (Wildman–Crippen LogP) is 4.64. The number of methoxy groups -OCH3 is 1. The van der Waals surface area contributed by atoms with E-state index in [0.717, 1.165) is 33.7 Å². The lowest BCUT2D eigenvalue weighted by atomic mass is 10.0. The fraction of sp³-hybridized carbons (Fsp3) is 0.194. The Hall–Kier alpha value is -4.65. The van der Waals surface area contributed by atoms with Crippen LogP contribution in [0, 0.1) is 6.92 Å². The van der Waals surface area contributed by atoms with Crippen LogP contribution in [0.15, 0.2) is 97.3 Å². The molecule has 2 amide bonds. The third-order valence-electron chi connectivity index (χ3n) is 6.13. The normalized spacial score (nSPS) is 11.3. The lowest BCUT2D eigenvalue weighted by Crippen LogP contribution is -2.48. The number of carbonyl (C=O) groups is 2. The lowest BCUT2D eigenvalue weighted by molar-refractivity contribution is -0.122. The maximum absolute atomic E-state index is 13.2. The third kappa shape index (κ3) is 7.43. The molecule has 0 fully saturated rings. The molecule has 3 aromatic carbocycles. The molecule has 194 valence electrons. The number of nitrogens with one attached hydrogen (secondary N) is 3. The van der Waals surface area contributed by atoms with Crippen LogP contribution in [-0.4, -0.2) is 43.0 Å². The molecule has 4 rings (SSSR count). The summed E-state index contributed by atoms with van der Waals surface area (Å²) in [7, 11) is 1.63. The van der Waals surface area contributed by atoms with Crippen LogP contribution >= 0.6 is 0 Å². The first-order valence-corrected chi connectivity index (χ1v) is 12.5. The Morgan fingerprint density at radius 1 is 0.895 bits per heavy atom. The molecule has 0 saturated heterocycles. The first-order chi connectivity index (χ1) is 18.5. The molecule has 0 spiro atoms. The van der Waals surface area contributed by atoms with Gasteiger partial charge in [-0.2, -0.15) is 0 Å². The van der Waals surface area contributed by atoms with E-state index >= 15 is 0 Å². The van der Waals surface area contributed by atoms with Crippen LogP contribution in [0.25, 0.3) is 11.1 Å². The molecule has 1 heterocycles. The second kappa shape index (κ2) is 13.1. The molecule has 0 aliphatic rings. The van der Waals surface area contributed by atoms with E-state index in [0.29, 0.717) is 25.1 Å². The van der Waals surface area contributed by atoms with Crippen molar-refractivity contribution in [1.29, 1.82) is 0 Å². The van der Waals surface area contributed by atoms with Gasteiger partial charge < -0.3 is 20.7 Å². The second-order valence-corrected chi connectivity index (χ2v) is 8.98. The highest BCUT2D eigenvalue weighted by Gasteiger charge is 2.22. The Morgan fingerprint density at radius 2 is 1.68 bits per heavy atom. The SMILES string of the molecule is COc1ccc(NCCNC(=O)[C@H](Cc2ccc(-c3cccnc3)cc2)NC(=O)c2cccc(C)c2)cc1. The number of hydrogen-bond acceptors (Lipinski definition) is 5. The van der Waals surface area contributed by atoms with Gasteiger partial charge in [0.25, 0.3) is 5.91 Å². The number of benzene rings is 3. The number of pyridine rings is 1. The Balaban J connectivity index is 1.40. The van der Waals surface area contributed by atoms with E-state index in [1.54, 1.807) is 19.4 Å². The number of anilines is 1. The highest BCUT2D eigenvalue weighted by atomic mass is 16.5.